The largest absolute Gasteiger partial charge is 0.338 e. The van der Waals surface area contributed by atoms with Gasteiger partial charge in [-0.1, -0.05) is 17.3 Å². The molecule has 0 N–H and O–H groups in total. The van der Waals surface area contributed by atoms with Crippen LogP contribution in [-0.4, -0.2) is 22.1 Å². The second kappa shape index (κ2) is 5.87. The van der Waals surface area contributed by atoms with E-state index >= 15 is 0 Å². The summed E-state index contributed by atoms with van der Waals surface area (Å²) in [6, 6.07) is 8.55. The van der Waals surface area contributed by atoms with Gasteiger partial charge in [0.15, 0.2) is 0 Å². The molecular weight excluding hydrogens is 290 g/mol. The lowest BCUT2D eigenvalue weighted by atomic mass is 10.2. The molecule has 0 fully saturated rings. The Balaban J connectivity index is 1.69. The first-order valence-corrected chi connectivity index (χ1v) is 8.10. The maximum absolute atomic E-state index is 5.33. The Morgan fingerprint density at radius 2 is 2.05 bits per heavy atom. The molecule has 3 aromatic heterocycles. The normalized spacial score (nSPS) is 12.9. The van der Waals surface area contributed by atoms with Crippen molar-refractivity contribution in [3.05, 3.63) is 45.8 Å². The average Bonchev–Trinajstić information content (AvgIpc) is 3.19. The monoisotopic (exact) mass is 305 g/mol. The van der Waals surface area contributed by atoms with Crippen LogP contribution in [0.1, 0.15) is 23.7 Å². The predicted octanol–water partition coefficient (Wildman–Crippen LogP) is 4.05. The molecule has 0 saturated heterocycles. The van der Waals surface area contributed by atoms with Crippen LogP contribution in [0.5, 0.6) is 0 Å². The third-order valence-electron chi connectivity index (χ3n) is 3.21. The Kier molecular flexibility index (Phi) is 3.95. The summed E-state index contributed by atoms with van der Waals surface area (Å²) in [5, 5.41) is 8.14. The summed E-state index contributed by atoms with van der Waals surface area (Å²) in [4.78, 5) is 9.03. The topological polar surface area (TPSA) is 42.2 Å². The quantitative estimate of drug-likeness (QED) is 0.713. The molecule has 104 valence electrons. The smallest absolute Gasteiger partial charge is 0.241 e. The van der Waals surface area contributed by atoms with Gasteiger partial charge in [0.2, 0.25) is 11.7 Å². The molecule has 0 aliphatic heterocycles. The number of rotatable bonds is 5. The molecule has 0 unspecified atom stereocenters. The molecule has 0 aromatic carbocycles. The Morgan fingerprint density at radius 3 is 2.75 bits per heavy atom. The zero-order valence-electron chi connectivity index (χ0n) is 11.3. The fourth-order valence-corrected chi connectivity index (χ4v) is 3.42. The summed E-state index contributed by atoms with van der Waals surface area (Å²) in [7, 11) is 2.07. The summed E-state index contributed by atoms with van der Waals surface area (Å²) in [6.45, 7) is 2.83. The first kappa shape index (κ1) is 13.5. The molecule has 0 radical (unpaired) electrons. The van der Waals surface area contributed by atoms with E-state index in [9.17, 15) is 0 Å². The highest BCUT2D eigenvalue weighted by atomic mass is 32.1. The van der Waals surface area contributed by atoms with Crippen LogP contribution in [0.2, 0.25) is 0 Å². The molecule has 0 amide bonds. The number of aromatic nitrogens is 2. The Bertz CT molecular complexity index is 646. The van der Waals surface area contributed by atoms with Gasteiger partial charge in [-0.3, -0.25) is 4.90 Å². The minimum atomic E-state index is 0.340. The van der Waals surface area contributed by atoms with Gasteiger partial charge in [-0.15, -0.1) is 22.7 Å². The van der Waals surface area contributed by atoms with E-state index < -0.39 is 0 Å². The van der Waals surface area contributed by atoms with Gasteiger partial charge in [-0.25, -0.2) is 0 Å². The molecule has 6 heteroatoms. The van der Waals surface area contributed by atoms with E-state index in [1.807, 2.05) is 17.5 Å². The molecule has 0 bridgehead atoms. The molecular formula is C14H15N3OS2. The van der Waals surface area contributed by atoms with Crippen molar-refractivity contribution in [1.29, 1.82) is 0 Å². The first-order valence-electron chi connectivity index (χ1n) is 6.34. The Hall–Kier alpha value is -1.50. The lowest BCUT2D eigenvalue weighted by molar-refractivity contribution is 0.219. The summed E-state index contributed by atoms with van der Waals surface area (Å²) in [5.74, 6) is 1.33. The van der Waals surface area contributed by atoms with Crippen molar-refractivity contribution in [2.75, 3.05) is 7.05 Å². The molecule has 0 saturated carbocycles. The van der Waals surface area contributed by atoms with Gasteiger partial charge < -0.3 is 4.52 Å². The first-order chi connectivity index (χ1) is 9.74. The van der Waals surface area contributed by atoms with Crippen LogP contribution in [0, 0.1) is 0 Å². The molecule has 0 aliphatic carbocycles. The summed E-state index contributed by atoms with van der Waals surface area (Å²) >= 11 is 3.38. The zero-order chi connectivity index (χ0) is 13.9. The van der Waals surface area contributed by atoms with Crippen molar-refractivity contribution in [3.63, 3.8) is 0 Å². The van der Waals surface area contributed by atoms with Gasteiger partial charge in [0.05, 0.1) is 11.4 Å². The summed E-state index contributed by atoms with van der Waals surface area (Å²) < 4.78 is 5.33. The Labute approximate surface area is 125 Å². The van der Waals surface area contributed by atoms with E-state index in [1.165, 1.54) is 4.88 Å². The van der Waals surface area contributed by atoms with Gasteiger partial charge in [0, 0.05) is 10.9 Å². The number of hydrogen-bond acceptors (Lipinski definition) is 6. The minimum Gasteiger partial charge on any atom is -0.338 e. The Morgan fingerprint density at radius 1 is 1.25 bits per heavy atom. The van der Waals surface area contributed by atoms with E-state index in [1.54, 1.807) is 22.7 Å². The predicted molar refractivity (Wildman–Crippen MR) is 81.8 cm³/mol. The van der Waals surface area contributed by atoms with Crippen molar-refractivity contribution < 1.29 is 4.52 Å². The number of nitrogens with zero attached hydrogens (tertiary/aromatic N) is 3. The highest BCUT2D eigenvalue weighted by molar-refractivity contribution is 7.13. The van der Waals surface area contributed by atoms with Crippen molar-refractivity contribution in [1.82, 2.24) is 15.0 Å². The van der Waals surface area contributed by atoms with E-state index in [2.05, 4.69) is 46.5 Å². The van der Waals surface area contributed by atoms with Crippen molar-refractivity contribution in [2.24, 2.45) is 0 Å². The molecule has 3 aromatic rings. The number of hydrogen-bond donors (Lipinski definition) is 0. The van der Waals surface area contributed by atoms with Crippen LogP contribution >= 0.6 is 22.7 Å². The fraction of sp³-hybridized carbons (Fsp3) is 0.286. The fourth-order valence-electron chi connectivity index (χ4n) is 1.92. The van der Waals surface area contributed by atoms with E-state index in [-0.39, 0.29) is 0 Å². The van der Waals surface area contributed by atoms with E-state index in [0.29, 0.717) is 24.3 Å². The average molecular weight is 305 g/mol. The molecule has 20 heavy (non-hydrogen) atoms. The molecule has 3 heterocycles. The standard InChI is InChI=1S/C14H15N3OS2/c1-10(11-5-3-7-19-11)17(2)9-13-15-14(16-18-13)12-6-4-8-20-12/h3-8,10H,9H2,1-2H3/t10-/m0/s1. The lowest BCUT2D eigenvalue weighted by Gasteiger charge is -2.21. The highest BCUT2D eigenvalue weighted by Gasteiger charge is 2.16. The van der Waals surface area contributed by atoms with Gasteiger partial charge in [0.25, 0.3) is 0 Å². The second-order valence-electron chi connectivity index (χ2n) is 4.60. The van der Waals surface area contributed by atoms with Crippen LogP contribution in [0.15, 0.2) is 39.5 Å². The van der Waals surface area contributed by atoms with Crippen LogP contribution in [0.3, 0.4) is 0 Å². The second-order valence-corrected chi connectivity index (χ2v) is 6.52. The lowest BCUT2D eigenvalue weighted by Crippen LogP contribution is -2.21. The van der Waals surface area contributed by atoms with Gasteiger partial charge >= 0.3 is 0 Å². The van der Waals surface area contributed by atoms with Crippen molar-refractivity contribution in [2.45, 2.75) is 19.5 Å². The van der Waals surface area contributed by atoms with E-state index in [4.69, 9.17) is 4.52 Å². The molecule has 3 rings (SSSR count). The molecule has 4 nitrogen and oxygen atoms in total. The maximum Gasteiger partial charge on any atom is 0.241 e. The van der Waals surface area contributed by atoms with Crippen LogP contribution < -0.4 is 0 Å². The van der Waals surface area contributed by atoms with Crippen molar-refractivity contribution in [3.8, 4) is 10.7 Å². The number of thiophene rings is 2. The summed E-state index contributed by atoms with van der Waals surface area (Å²) in [5.41, 5.74) is 0. The highest BCUT2D eigenvalue weighted by Crippen LogP contribution is 2.25. The maximum atomic E-state index is 5.33. The minimum absolute atomic E-state index is 0.340. The van der Waals surface area contributed by atoms with Crippen LogP contribution in [0.4, 0.5) is 0 Å². The van der Waals surface area contributed by atoms with Gasteiger partial charge in [-0.2, -0.15) is 4.98 Å². The van der Waals surface area contributed by atoms with Crippen LogP contribution in [0.25, 0.3) is 10.7 Å². The van der Waals surface area contributed by atoms with E-state index in [0.717, 1.165) is 4.88 Å². The van der Waals surface area contributed by atoms with Gasteiger partial charge in [-0.05, 0) is 36.9 Å². The third kappa shape index (κ3) is 2.82. The van der Waals surface area contributed by atoms with Crippen LogP contribution in [-0.2, 0) is 6.54 Å². The molecule has 0 spiro atoms. The third-order valence-corrected chi connectivity index (χ3v) is 5.12. The summed E-state index contributed by atoms with van der Waals surface area (Å²) in [6.07, 6.45) is 0. The zero-order valence-corrected chi connectivity index (χ0v) is 12.9. The van der Waals surface area contributed by atoms with Crippen molar-refractivity contribution >= 4 is 22.7 Å². The SMILES string of the molecule is C[C@@H](c1cccs1)N(C)Cc1nc(-c2cccs2)no1. The molecule has 1 atom stereocenters. The van der Waals surface area contributed by atoms with Gasteiger partial charge in [0.1, 0.15) is 0 Å². The molecule has 0 aliphatic rings.